The molecule has 0 aliphatic carbocycles. The lowest BCUT2D eigenvalue weighted by molar-refractivity contribution is -0.115. The first kappa shape index (κ1) is 15.1. The third-order valence-corrected chi connectivity index (χ3v) is 4.61. The van der Waals surface area contributed by atoms with Crippen LogP contribution in [0.5, 0.6) is 5.75 Å². The number of hydrogen-bond donors (Lipinski definition) is 1. The number of halogens is 1. The largest absolute Gasteiger partial charge is 0.495 e. The molecule has 1 amide bonds. The van der Waals surface area contributed by atoms with Gasteiger partial charge < -0.3 is 10.1 Å². The highest BCUT2D eigenvalue weighted by Gasteiger charge is 2.16. The molecule has 20 heavy (non-hydrogen) atoms. The van der Waals surface area contributed by atoms with Crippen molar-refractivity contribution in [1.29, 1.82) is 0 Å². The van der Waals surface area contributed by atoms with Crippen molar-refractivity contribution in [2.75, 3.05) is 12.4 Å². The maximum atomic E-state index is 12.1. The van der Waals surface area contributed by atoms with E-state index >= 15 is 0 Å². The molecule has 1 atom stereocenters. The number of aromatic nitrogens is 2. The molecule has 5 nitrogen and oxygen atoms in total. The van der Waals surface area contributed by atoms with E-state index in [-0.39, 0.29) is 11.2 Å². The summed E-state index contributed by atoms with van der Waals surface area (Å²) in [5, 5.41) is 10.6. The van der Waals surface area contributed by atoms with Gasteiger partial charge in [0.25, 0.3) is 0 Å². The number of amides is 1. The predicted molar refractivity (Wildman–Crippen MR) is 81.9 cm³/mol. The molecule has 0 spiro atoms. The highest BCUT2D eigenvalue weighted by molar-refractivity contribution is 8.02. The van der Waals surface area contributed by atoms with Crippen molar-refractivity contribution in [1.82, 2.24) is 10.2 Å². The third-order valence-electron chi connectivity index (χ3n) is 2.41. The van der Waals surface area contributed by atoms with E-state index in [1.807, 2.05) is 6.92 Å². The number of hydrogen-bond acceptors (Lipinski definition) is 6. The molecule has 106 valence electrons. The minimum atomic E-state index is -0.274. The minimum Gasteiger partial charge on any atom is -0.495 e. The van der Waals surface area contributed by atoms with Crippen molar-refractivity contribution in [3.63, 3.8) is 0 Å². The molecule has 1 N–H and O–H groups in total. The smallest absolute Gasteiger partial charge is 0.237 e. The van der Waals surface area contributed by atoms with Crippen LogP contribution in [0.2, 0.25) is 5.02 Å². The fourth-order valence-corrected chi connectivity index (χ4v) is 3.29. The highest BCUT2D eigenvalue weighted by atomic mass is 35.5. The Balaban J connectivity index is 1.98. The van der Waals surface area contributed by atoms with Crippen molar-refractivity contribution in [2.45, 2.75) is 16.5 Å². The number of nitrogens with one attached hydrogen (secondary N) is 1. The van der Waals surface area contributed by atoms with E-state index in [0.717, 1.165) is 4.34 Å². The summed E-state index contributed by atoms with van der Waals surface area (Å²) >= 11 is 8.78. The van der Waals surface area contributed by atoms with Gasteiger partial charge in [0.15, 0.2) is 4.34 Å². The van der Waals surface area contributed by atoms with Crippen molar-refractivity contribution < 1.29 is 9.53 Å². The van der Waals surface area contributed by atoms with Gasteiger partial charge in [0.1, 0.15) is 11.3 Å². The number of benzene rings is 1. The Hall–Kier alpha value is -1.31. The molecule has 2 rings (SSSR count). The Morgan fingerprint density at radius 1 is 1.55 bits per heavy atom. The second kappa shape index (κ2) is 6.92. The van der Waals surface area contributed by atoms with E-state index in [1.54, 1.807) is 30.8 Å². The molecule has 8 heteroatoms. The van der Waals surface area contributed by atoms with Crippen molar-refractivity contribution in [3.8, 4) is 5.75 Å². The van der Waals surface area contributed by atoms with Gasteiger partial charge in [0.2, 0.25) is 5.91 Å². The molecular weight excluding hydrogens is 318 g/mol. The molecule has 0 unspecified atom stereocenters. The molecule has 1 aromatic carbocycles. The fraction of sp³-hybridized carbons (Fsp3) is 0.250. The normalized spacial score (nSPS) is 11.9. The van der Waals surface area contributed by atoms with Gasteiger partial charge in [0.05, 0.1) is 17.4 Å². The van der Waals surface area contributed by atoms with E-state index < -0.39 is 0 Å². The maximum absolute atomic E-state index is 12.1. The van der Waals surface area contributed by atoms with Crippen LogP contribution in [0.15, 0.2) is 28.0 Å². The van der Waals surface area contributed by atoms with Gasteiger partial charge in [-0.15, -0.1) is 10.2 Å². The van der Waals surface area contributed by atoms with E-state index in [2.05, 4.69) is 15.5 Å². The Morgan fingerprint density at radius 3 is 2.95 bits per heavy atom. The lowest BCUT2D eigenvalue weighted by atomic mass is 10.3. The zero-order valence-corrected chi connectivity index (χ0v) is 13.2. The summed E-state index contributed by atoms with van der Waals surface area (Å²) in [5.41, 5.74) is 2.27. The van der Waals surface area contributed by atoms with Crippen molar-refractivity contribution in [3.05, 3.63) is 28.7 Å². The first-order valence-corrected chi connectivity index (χ1v) is 7.81. The molecule has 0 aliphatic rings. The van der Waals surface area contributed by atoms with Crippen LogP contribution in [0.1, 0.15) is 6.92 Å². The number of rotatable bonds is 5. The van der Waals surface area contributed by atoms with Crippen LogP contribution in [0, 0.1) is 0 Å². The summed E-state index contributed by atoms with van der Waals surface area (Å²) in [7, 11) is 1.54. The van der Waals surface area contributed by atoms with Gasteiger partial charge in [-0.2, -0.15) is 0 Å². The van der Waals surface area contributed by atoms with Crippen LogP contribution in [0.4, 0.5) is 5.69 Å². The van der Waals surface area contributed by atoms with Gasteiger partial charge >= 0.3 is 0 Å². The van der Waals surface area contributed by atoms with Gasteiger partial charge in [-0.05, 0) is 25.1 Å². The molecular formula is C12H12ClN3O2S2. The molecule has 1 heterocycles. The first-order valence-electron chi connectivity index (χ1n) is 5.67. The minimum absolute atomic E-state index is 0.119. The molecule has 0 radical (unpaired) electrons. The molecule has 2 aromatic rings. The standard InChI is InChI=1S/C12H12ClN3O2S2/c1-7(20-12-16-14-6-19-12)11(17)15-8-3-4-10(18-2)9(13)5-8/h3-7H,1-2H3,(H,15,17)/t7-/m0/s1. The van der Waals surface area contributed by atoms with E-state index in [1.165, 1.54) is 23.1 Å². The van der Waals surface area contributed by atoms with E-state index in [0.29, 0.717) is 16.5 Å². The SMILES string of the molecule is COc1ccc(NC(=O)[C@H](C)Sc2nncs2)cc1Cl. The number of carbonyl (C=O) groups is 1. The fourth-order valence-electron chi connectivity index (χ4n) is 1.41. The van der Waals surface area contributed by atoms with Crippen molar-refractivity contribution in [2.24, 2.45) is 0 Å². The molecule has 0 saturated carbocycles. The quantitative estimate of drug-likeness (QED) is 0.852. The van der Waals surface area contributed by atoms with Crippen LogP contribution < -0.4 is 10.1 Å². The topological polar surface area (TPSA) is 64.1 Å². The number of methoxy groups -OCH3 is 1. The second-order valence-electron chi connectivity index (χ2n) is 3.80. The first-order chi connectivity index (χ1) is 9.60. The lowest BCUT2D eigenvalue weighted by Gasteiger charge is -2.11. The van der Waals surface area contributed by atoms with Crippen LogP contribution in [0.3, 0.4) is 0 Å². The van der Waals surface area contributed by atoms with Gasteiger partial charge in [-0.3, -0.25) is 4.79 Å². The van der Waals surface area contributed by atoms with Crippen LogP contribution in [-0.2, 0) is 4.79 Å². The summed E-state index contributed by atoms with van der Waals surface area (Å²) < 4.78 is 5.82. The van der Waals surface area contributed by atoms with Crippen molar-refractivity contribution >= 4 is 46.3 Å². The molecule has 0 bridgehead atoms. The molecule has 0 aliphatic heterocycles. The van der Waals surface area contributed by atoms with Crippen LogP contribution in [-0.4, -0.2) is 28.5 Å². The number of anilines is 1. The van der Waals surface area contributed by atoms with Crippen LogP contribution in [0.25, 0.3) is 0 Å². The summed E-state index contributed by atoms with van der Waals surface area (Å²) in [6.07, 6.45) is 0. The monoisotopic (exact) mass is 329 g/mol. The molecule has 0 fully saturated rings. The van der Waals surface area contributed by atoms with E-state index in [9.17, 15) is 4.79 Å². The zero-order chi connectivity index (χ0) is 14.5. The Morgan fingerprint density at radius 2 is 2.35 bits per heavy atom. The Bertz CT molecular complexity index is 592. The predicted octanol–water partition coefficient (Wildman–Crippen LogP) is 3.32. The molecule has 0 saturated heterocycles. The second-order valence-corrected chi connectivity index (χ2v) is 6.63. The summed E-state index contributed by atoms with van der Waals surface area (Å²) in [6.45, 7) is 1.81. The number of carbonyl (C=O) groups excluding carboxylic acids is 1. The van der Waals surface area contributed by atoms with Gasteiger partial charge in [-0.25, -0.2) is 0 Å². The summed E-state index contributed by atoms with van der Waals surface area (Å²) in [6, 6.07) is 5.10. The van der Waals surface area contributed by atoms with Gasteiger partial charge in [-0.1, -0.05) is 34.7 Å². The zero-order valence-electron chi connectivity index (χ0n) is 10.8. The highest BCUT2D eigenvalue weighted by Crippen LogP contribution is 2.28. The van der Waals surface area contributed by atoms with Gasteiger partial charge in [0, 0.05) is 5.69 Å². The Kier molecular flexibility index (Phi) is 5.22. The Labute approximate surface area is 129 Å². The lowest BCUT2D eigenvalue weighted by Crippen LogP contribution is -2.22. The number of thioether (sulfide) groups is 1. The average Bonchev–Trinajstić information content (AvgIpc) is 2.91. The summed E-state index contributed by atoms with van der Waals surface area (Å²) in [4.78, 5) is 12.1. The third kappa shape index (κ3) is 3.84. The van der Waals surface area contributed by atoms with E-state index in [4.69, 9.17) is 16.3 Å². The number of ether oxygens (including phenoxy) is 1. The molecule has 1 aromatic heterocycles. The number of nitrogens with zero attached hydrogens (tertiary/aromatic N) is 2. The summed E-state index contributed by atoms with van der Waals surface area (Å²) in [5.74, 6) is 0.451. The average molecular weight is 330 g/mol. The maximum Gasteiger partial charge on any atom is 0.237 e. The van der Waals surface area contributed by atoms with Crippen LogP contribution >= 0.6 is 34.7 Å².